The van der Waals surface area contributed by atoms with Crippen LogP contribution in [0.3, 0.4) is 0 Å². The van der Waals surface area contributed by atoms with Crippen LogP contribution in [0.2, 0.25) is 10.0 Å². The summed E-state index contributed by atoms with van der Waals surface area (Å²) in [7, 11) is 0. The molecule has 1 aliphatic rings. The van der Waals surface area contributed by atoms with Gasteiger partial charge in [0.15, 0.2) is 11.5 Å². The van der Waals surface area contributed by atoms with Gasteiger partial charge in [0.25, 0.3) is 0 Å². The Bertz CT molecular complexity index is 1250. The molecule has 9 heteroatoms. The summed E-state index contributed by atoms with van der Waals surface area (Å²) in [5.41, 5.74) is 9.28. The Labute approximate surface area is 195 Å². The third-order valence-corrected chi connectivity index (χ3v) is 5.72. The number of ether oxygens (including phenoxy) is 3. The number of allylic oxidation sites excluding steroid dienone is 1. The summed E-state index contributed by atoms with van der Waals surface area (Å²) >= 11 is 12.3. The van der Waals surface area contributed by atoms with E-state index in [0.29, 0.717) is 39.6 Å². The molecule has 1 atom stereocenters. The summed E-state index contributed by atoms with van der Waals surface area (Å²) in [4.78, 5) is 0. The Kier molecular flexibility index (Phi) is 6.17. The Morgan fingerprint density at radius 2 is 2.06 bits per heavy atom. The van der Waals surface area contributed by atoms with Crippen molar-refractivity contribution in [3.63, 3.8) is 0 Å². The fourth-order valence-electron chi connectivity index (χ4n) is 3.68. The van der Waals surface area contributed by atoms with Gasteiger partial charge in [0, 0.05) is 32.4 Å². The van der Waals surface area contributed by atoms with E-state index >= 15 is 0 Å². The Morgan fingerprint density at radius 1 is 1.25 bits per heavy atom. The number of benzene rings is 2. The number of nitriles is 1. The van der Waals surface area contributed by atoms with Gasteiger partial charge in [-0.15, -0.1) is 5.10 Å². The summed E-state index contributed by atoms with van der Waals surface area (Å²) < 4.78 is 17.7. The number of hydrogen-bond acceptors (Lipinski definition) is 6. The van der Waals surface area contributed by atoms with E-state index in [2.05, 4.69) is 16.3 Å². The zero-order valence-electron chi connectivity index (χ0n) is 17.4. The van der Waals surface area contributed by atoms with E-state index in [9.17, 15) is 5.26 Å². The number of fused-ring (bicyclic) bond motifs is 1. The molecule has 0 spiro atoms. The summed E-state index contributed by atoms with van der Waals surface area (Å²) in [6, 6.07) is 12.9. The summed E-state index contributed by atoms with van der Waals surface area (Å²) in [5, 5.41) is 18.0. The van der Waals surface area contributed by atoms with Crippen LogP contribution < -0.4 is 19.9 Å². The number of para-hydroxylation sites is 1. The number of rotatable bonds is 6. The molecule has 1 aliphatic heterocycles. The smallest absolute Gasteiger partial charge is 0.244 e. The van der Waals surface area contributed by atoms with E-state index in [1.165, 1.54) is 0 Å². The van der Waals surface area contributed by atoms with Gasteiger partial charge < -0.3 is 19.9 Å². The molecule has 0 saturated heterocycles. The third kappa shape index (κ3) is 3.95. The normalized spacial score (nSPS) is 15.0. The van der Waals surface area contributed by atoms with Crippen LogP contribution in [0.1, 0.15) is 35.2 Å². The van der Waals surface area contributed by atoms with Gasteiger partial charge in [0.2, 0.25) is 11.8 Å². The molecule has 2 heterocycles. The third-order valence-electron chi connectivity index (χ3n) is 5.14. The number of aromatic nitrogens is 2. The number of nitrogens with zero attached hydrogens (tertiary/aromatic N) is 2. The molecule has 4 rings (SSSR count). The minimum absolute atomic E-state index is 0.00464. The molecule has 3 N–H and O–H groups in total. The van der Waals surface area contributed by atoms with E-state index in [1.807, 2.05) is 32.0 Å². The van der Waals surface area contributed by atoms with E-state index < -0.39 is 5.92 Å². The van der Waals surface area contributed by atoms with Crippen molar-refractivity contribution in [3.05, 3.63) is 80.3 Å². The highest BCUT2D eigenvalue weighted by Crippen LogP contribution is 2.48. The predicted octanol–water partition coefficient (Wildman–Crippen LogP) is 5.22. The lowest BCUT2D eigenvalue weighted by Gasteiger charge is -2.26. The van der Waals surface area contributed by atoms with Crippen molar-refractivity contribution in [2.45, 2.75) is 26.4 Å². The largest absolute Gasteiger partial charge is 0.490 e. The molecule has 0 aliphatic carbocycles. The molecule has 164 valence electrons. The Hall–Kier alpha value is -3.34. The SMILES string of the molecule is CCOc1cccc([C@H]2C(C#N)=C(N)Oc3n[nH]c(C)c32)c1OCc1ccc(Cl)cc1Cl. The van der Waals surface area contributed by atoms with E-state index in [-0.39, 0.29) is 18.1 Å². The van der Waals surface area contributed by atoms with Crippen molar-refractivity contribution in [3.8, 4) is 23.4 Å². The number of nitrogens with two attached hydrogens (primary N) is 1. The fourth-order valence-corrected chi connectivity index (χ4v) is 4.15. The van der Waals surface area contributed by atoms with Gasteiger partial charge in [0.05, 0.1) is 12.5 Å². The van der Waals surface area contributed by atoms with Crippen LogP contribution in [-0.4, -0.2) is 16.8 Å². The van der Waals surface area contributed by atoms with Crippen LogP contribution in [0, 0.1) is 18.3 Å². The molecular weight excluding hydrogens is 451 g/mol. The molecule has 0 fully saturated rings. The number of H-pyrrole nitrogens is 1. The van der Waals surface area contributed by atoms with Crippen molar-refractivity contribution >= 4 is 23.2 Å². The molecule has 32 heavy (non-hydrogen) atoms. The van der Waals surface area contributed by atoms with Crippen LogP contribution in [0.25, 0.3) is 0 Å². The first-order chi connectivity index (χ1) is 15.4. The van der Waals surface area contributed by atoms with Gasteiger partial charge in [0.1, 0.15) is 18.2 Å². The lowest BCUT2D eigenvalue weighted by Crippen LogP contribution is -2.21. The summed E-state index contributed by atoms with van der Waals surface area (Å²) in [6.07, 6.45) is 0. The highest BCUT2D eigenvalue weighted by molar-refractivity contribution is 6.35. The molecule has 0 saturated carbocycles. The molecular formula is C23H20Cl2N4O3. The second kappa shape index (κ2) is 9.03. The minimum atomic E-state index is -0.543. The first-order valence-electron chi connectivity index (χ1n) is 9.89. The molecule has 1 aromatic heterocycles. The average Bonchev–Trinajstić information content (AvgIpc) is 3.13. The van der Waals surface area contributed by atoms with E-state index in [0.717, 1.165) is 16.8 Å². The Morgan fingerprint density at radius 3 is 2.78 bits per heavy atom. The number of halogens is 2. The van der Waals surface area contributed by atoms with Gasteiger partial charge in [-0.2, -0.15) is 5.26 Å². The van der Waals surface area contributed by atoms with Crippen molar-refractivity contribution in [2.24, 2.45) is 5.73 Å². The van der Waals surface area contributed by atoms with Gasteiger partial charge in [-0.05, 0) is 32.0 Å². The lowest BCUT2D eigenvalue weighted by atomic mass is 9.83. The maximum absolute atomic E-state index is 9.88. The summed E-state index contributed by atoms with van der Waals surface area (Å²) in [5.74, 6) is 0.820. The zero-order chi connectivity index (χ0) is 22.8. The van der Waals surface area contributed by atoms with Gasteiger partial charge in [-0.3, -0.25) is 5.10 Å². The van der Waals surface area contributed by atoms with Gasteiger partial charge >= 0.3 is 0 Å². The molecule has 7 nitrogen and oxygen atoms in total. The molecule has 2 aromatic carbocycles. The first-order valence-corrected chi connectivity index (χ1v) is 10.6. The van der Waals surface area contributed by atoms with Crippen molar-refractivity contribution in [1.29, 1.82) is 5.26 Å². The molecule has 3 aromatic rings. The topological polar surface area (TPSA) is 106 Å². The van der Waals surface area contributed by atoms with E-state index in [4.69, 9.17) is 43.1 Å². The summed E-state index contributed by atoms with van der Waals surface area (Å²) in [6.45, 7) is 4.36. The molecule has 0 bridgehead atoms. The maximum atomic E-state index is 9.88. The number of nitrogens with one attached hydrogen (secondary N) is 1. The second-order valence-corrected chi connectivity index (χ2v) is 7.97. The minimum Gasteiger partial charge on any atom is -0.490 e. The van der Waals surface area contributed by atoms with Crippen LogP contribution >= 0.6 is 23.2 Å². The average molecular weight is 471 g/mol. The van der Waals surface area contributed by atoms with E-state index in [1.54, 1.807) is 18.2 Å². The number of aryl methyl sites for hydroxylation is 1. The van der Waals surface area contributed by atoms with Crippen molar-refractivity contribution in [1.82, 2.24) is 10.2 Å². The lowest BCUT2D eigenvalue weighted by molar-refractivity contribution is 0.266. The zero-order valence-corrected chi connectivity index (χ0v) is 18.9. The second-order valence-electron chi connectivity index (χ2n) is 7.12. The standard InChI is InChI=1S/C23H20Cl2N4O3/c1-3-30-18-6-4-5-15(21(18)31-11-13-7-8-14(24)9-17(13)25)20-16(10-26)22(27)32-23-19(20)12(2)28-29-23/h4-9,20H,3,11,27H2,1-2H3,(H,28,29)/t20-/m0/s1. The molecule has 0 radical (unpaired) electrons. The number of aromatic amines is 1. The highest BCUT2D eigenvalue weighted by Gasteiger charge is 2.36. The predicted molar refractivity (Wildman–Crippen MR) is 121 cm³/mol. The fraction of sp³-hybridized carbons (Fsp3) is 0.217. The highest BCUT2D eigenvalue weighted by atomic mass is 35.5. The van der Waals surface area contributed by atoms with Crippen molar-refractivity contribution in [2.75, 3.05) is 6.61 Å². The van der Waals surface area contributed by atoms with Crippen LogP contribution in [0.4, 0.5) is 0 Å². The van der Waals surface area contributed by atoms with Crippen LogP contribution in [0.5, 0.6) is 17.4 Å². The first kappa shape index (κ1) is 21.9. The quantitative estimate of drug-likeness (QED) is 0.511. The monoisotopic (exact) mass is 470 g/mol. The van der Waals surface area contributed by atoms with Gasteiger partial charge in [-0.1, -0.05) is 41.4 Å². The Balaban J connectivity index is 1.83. The van der Waals surface area contributed by atoms with Crippen LogP contribution in [-0.2, 0) is 6.61 Å². The van der Waals surface area contributed by atoms with Crippen molar-refractivity contribution < 1.29 is 14.2 Å². The van der Waals surface area contributed by atoms with Crippen LogP contribution in [0.15, 0.2) is 47.9 Å². The number of hydrogen-bond donors (Lipinski definition) is 2. The van der Waals surface area contributed by atoms with Gasteiger partial charge in [-0.25, -0.2) is 0 Å². The molecule has 0 amide bonds. The molecule has 0 unspecified atom stereocenters. The maximum Gasteiger partial charge on any atom is 0.244 e.